The van der Waals surface area contributed by atoms with Crippen LogP contribution in [0.25, 0.3) is 11.4 Å². The summed E-state index contributed by atoms with van der Waals surface area (Å²) in [6.07, 6.45) is 0.855. The molecule has 0 aliphatic rings. The molecule has 1 aromatic carbocycles. The number of aryl methyl sites for hydroxylation is 1. The fourth-order valence-electron chi connectivity index (χ4n) is 1.90. The topological polar surface area (TPSA) is 63.8 Å². The summed E-state index contributed by atoms with van der Waals surface area (Å²) < 4.78 is 0. The Hall–Kier alpha value is -1.94. The molecule has 0 radical (unpaired) electrons. The molecule has 19 heavy (non-hydrogen) atoms. The van der Waals surface area contributed by atoms with E-state index in [1.54, 1.807) is 0 Å². The molecule has 4 nitrogen and oxygen atoms in total. The van der Waals surface area contributed by atoms with Gasteiger partial charge in [-0.3, -0.25) is 0 Å². The lowest BCUT2D eigenvalue weighted by molar-refractivity contribution is 0.866. The highest BCUT2D eigenvalue weighted by molar-refractivity contribution is 5.58. The van der Waals surface area contributed by atoms with E-state index in [9.17, 15) is 0 Å². The van der Waals surface area contributed by atoms with Gasteiger partial charge in [0.05, 0.1) is 0 Å². The van der Waals surface area contributed by atoms with Crippen molar-refractivity contribution in [3.8, 4) is 11.4 Å². The normalized spacial score (nSPS) is 10.8. The second-order valence-corrected chi connectivity index (χ2v) is 4.84. The molecule has 3 N–H and O–H groups in total. The smallest absolute Gasteiger partial charge is 0.161 e. The number of hydrogen-bond donors (Lipinski definition) is 2. The molecular formula is C15H20N4. The predicted octanol–water partition coefficient (Wildman–Crippen LogP) is 3.12. The average molecular weight is 256 g/mol. The molecular weight excluding hydrogens is 236 g/mol. The van der Waals surface area contributed by atoms with Crippen molar-refractivity contribution < 1.29 is 0 Å². The minimum atomic E-state index is 0.526. The summed E-state index contributed by atoms with van der Waals surface area (Å²) in [4.78, 5) is 8.94. The molecule has 100 valence electrons. The Morgan fingerprint density at radius 2 is 1.84 bits per heavy atom. The van der Waals surface area contributed by atoms with E-state index in [-0.39, 0.29) is 0 Å². The number of hydrogen-bond acceptors (Lipinski definition) is 4. The van der Waals surface area contributed by atoms with Crippen LogP contribution in [0.1, 0.15) is 37.9 Å². The molecule has 0 bridgehead atoms. The van der Waals surface area contributed by atoms with Crippen molar-refractivity contribution in [3.63, 3.8) is 0 Å². The minimum absolute atomic E-state index is 0.526. The van der Waals surface area contributed by atoms with Gasteiger partial charge in [0, 0.05) is 17.3 Å². The van der Waals surface area contributed by atoms with E-state index < -0.39 is 0 Å². The van der Waals surface area contributed by atoms with Crippen LogP contribution in [0.5, 0.6) is 0 Å². The maximum Gasteiger partial charge on any atom is 0.161 e. The van der Waals surface area contributed by atoms with Gasteiger partial charge in [-0.2, -0.15) is 0 Å². The maximum atomic E-state index is 5.44. The first-order valence-electron chi connectivity index (χ1n) is 6.59. The van der Waals surface area contributed by atoms with Crippen molar-refractivity contribution in [2.75, 3.05) is 5.43 Å². The quantitative estimate of drug-likeness (QED) is 0.651. The maximum absolute atomic E-state index is 5.44. The van der Waals surface area contributed by atoms with E-state index in [1.807, 2.05) is 6.07 Å². The lowest BCUT2D eigenvalue weighted by atomic mass is 10.0. The van der Waals surface area contributed by atoms with Crippen LogP contribution in [0, 0.1) is 0 Å². The van der Waals surface area contributed by atoms with Crippen molar-refractivity contribution in [3.05, 3.63) is 41.6 Å². The molecule has 0 amide bonds. The van der Waals surface area contributed by atoms with Crippen molar-refractivity contribution in [2.24, 2.45) is 5.84 Å². The lowest BCUT2D eigenvalue weighted by Crippen LogP contribution is -2.10. The van der Waals surface area contributed by atoms with E-state index in [0.29, 0.717) is 17.6 Å². The molecule has 0 atom stereocenters. The standard InChI is InChI=1S/C15H20N4/c1-4-13-9-14(19-16)18-15(17-13)12-7-5-11(6-8-12)10(2)3/h5-10H,4,16H2,1-3H3,(H,17,18,19). The van der Waals surface area contributed by atoms with Gasteiger partial charge in [0.15, 0.2) is 5.82 Å². The summed E-state index contributed by atoms with van der Waals surface area (Å²) in [5, 5.41) is 0. The zero-order chi connectivity index (χ0) is 13.8. The second-order valence-electron chi connectivity index (χ2n) is 4.84. The van der Waals surface area contributed by atoms with Crippen molar-refractivity contribution in [1.82, 2.24) is 9.97 Å². The Kier molecular flexibility index (Phi) is 4.12. The zero-order valence-electron chi connectivity index (χ0n) is 11.6. The minimum Gasteiger partial charge on any atom is -0.308 e. The number of nitrogens with zero attached hydrogens (tertiary/aromatic N) is 2. The van der Waals surface area contributed by atoms with Gasteiger partial charge in [0.2, 0.25) is 0 Å². The summed E-state index contributed by atoms with van der Waals surface area (Å²) in [7, 11) is 0. The second kappa shape index (κ2) is 5.80. The van der Waals surface area contributed by atoms with Crippen molar-refractivity contribution in [1.29, 1.82) is 0 Å². The van der Waals surface area contributed by atoms with Gasteiger partial charge in [-0.1, -0.05) is 45.0 Å². The van der Waals surface area contributed by atoms with E-state index in [0.717, 1.165) is 17.7 Å². The Morgan fingerprint density at radius 3 is 2.37 bits per heavy atom. The molecule has 2 rings (SSSR count). The van der Waals surface area contributed by atoms with Crippen LogP contribution in [-0.2, 0) is 6.42 Å². The molecule has 0 fully saturated rings. The van der Waals surface area contributed by atoms with Gasteiger partial charge in [-0.05, 0) is 17.9 Å². The van der Waals surface area contributed by atoms with Crippen molar-refractivity contribution >= 4 is 5.82 Å². The van der Waals surface area contributed by atoms with E-state index in [2.05, 4.69) is 60.4 Å². The molecule has 1 aromatic heterocycles. The first-order valence-corrected chi connectivity index (χ1v) is 6.59. The average Bonchev–Trinajstić information content (AvgIpc) is 2.46. The Balaban J connectivity index is 2.40. The van der Waals surface area contributed by atoms with Crippen LogP contribution < -0.4 is 11.3 Å². The SMILES string of the molecule is CCc1cc(NN)nc(-c2ccc(C(C)C)cc2)n1. The van der Waals surface area contributed by atoms with Crippen LogP contribution >= 0.6 is 0 Å². The molecule has 0 spiro atoms. The molecule has 0 aliphatic heterocycles. The van der Waals surface area contributed by atoms with Crippen LogP contribution in [0.2, 0.25) is 0 Å². The third-order valence-electron chi connectivity index (χ3n) is 3.12. The fraction of sp³-hybridized carbons (Fsp3) is 0.333. The molecule has 1 heterocycles. The number of rotatable bonds is 4. The molecule has 0 aliphatic carbocycles. The van der Waals surface area contributed by atoms with E-state index in [1.165, 1.54) is 5.56 Å². The van der Waals surface area contributed by atoms with Gasteiger partial charge >= 0.3 is 0 Å². The van der Waals surface area contributed by atoms with Crippen LogP contribution in [0.3, 0.4) is 0 Å². The molecule has 0 saturated heterocycles. The van der Waals surface area contributed by atoms with Gasteiger partial charge in [-0.25, -0.2) is 15.8 Å². The van der Waals surface area contributed by atoms with E-state index >= 15 is 0 Å². The lowest BCUT2D eigenvalue weighted by Gasteiger charge is -2.08. The Bertz CT molecular complexity index is 524. The Morgan fingerprint density at radius 1 is 1.16 bits per heavy atom. The number of aromatic nitrogens is 2. The van der Waals surface area contributed by atoms with Gasteiger partial charge in [0.25, 0.3) is 0 Å². The number of hydrazine groups is 1. The predicted molar refractivity (Wildman–Crippen MR) is 78.7 cm³/mol. The molecule has 0 saturated carbocycles. The third kappa shape index (κ3) is 3.09. The summed E-state index contributed by atoms with van der Waals surface area (Å²) in [6, 6.07) is 10.2. The summed E-state index contributed by atoms with van der Waals surface area (Å²) in [5.74, 6) is 7.33. The van der Waals surface area contributed by atoms with E-state index in [4.69, 9.17) is 5.84 Å². The highest BCUT2D eigenvalue weighted by Gasteiger charge is 2.06. The number of nitrogens with two attached hydrogens (primary N) is 1. The van der Waals surface area contributed by atoms with Crippen LogP contribution in [0.4, 0.5) is 5.82 Å². The van der Waals surface area contributed by atoms with Gasteiger partial charge in [0.1, 0.15) is 5.82 Å². The van der Waals surface area contributed by atoms with Crippen molar-refractivity contribution in [2.45, 2.75) is 33.1 Å². The van der Waals surface area contributed by atoms with Crippen LogP contribution in [-0.4, -0.2) is 9.97 Å². The van der Waals surface area contributed by atoms with Gasteiger partial charge in [-0.15, -0.1) is 0 Å². The van der Waals surface area contributed by atoms with Gasteiger partial charge < -0.3 is 5.43 Å². The fourth-order valence-corrected chi connectivity index (χ4v) is 1.90. The monoisotopic (exact) mass is 256 g/mol. The summed E-state index contributed by atoms with van der Waals surface area (Å²) in [5.41, 5.74) is 5.89. The third-order valence-corrected chi connectivity index (χ3v) is 3.12. The number of nitrogens with one attached hydrogen (secondary N) is 1. The zero-order valence-corrected chi connectivity index (χ0v) is 11.6. The highest BCUT2D eigenvalue weighted by Crippen LogP contribution is 2.21. The first-order chi connectivity index (χ1) is 9.13. The number of benzene rings is 1. The molecule has 0 unspecified atom stereocenters. The summed E-state index contributed by atoms with van der Waals surface area (Å²) in [6.45, 7) is 6.42. The number of anilines is 1. The highest BCUT2D eigenvalue weighted by atomic mass is 15.3. The summed E-state index contributed by atoms with van der Waals surface area (Å²) >= 11 is 0. The Labute approximate surface area is 114 Å². The number of nitrogen functional groups attached to an aromatic ring is 1. The van der Waals surface area contributed by atoms with Crippen LogP contribution in [0.15, 0.2) is 30.3 Å². The first kappa shape index (κ1) is 13.5. The largest absolute Gasteiger partial charge is 0.308 e. The molecule has 2 aromatic rings. The molecule has 4 heteroatoms.